The van der Waals surface area contributed by atoms with E-state index >= 15 is 0 Å². The first-order valence-corrected chi connectivity index (χ1v) is 21.6. The summed E-state index contributed by atoms with van der Waals surface area (Å²) in [4.78, 5) is 2.36. The zero-order chi connectivity index (χ0) is 41.6. The monoisotopic (exact) mass is 801 g/mol. The van der Waals surface area contributed by atoms with Crippen LogP contribution in [0.5, 0.6) is 0 Å². The van der Waals surface area contributed by atoms with Crippen LogP contribution in [0.15, 0.2) is 231 Å². The van der Waals surface area contributed by atoms with Crippen LogP contribution < -0.4 is 4.90 Å². The highest BCUT2D eigenvalue weighted by molar-refractivity contribution is 6.26. The van der Waals surface area contributed by atoms with Crippen molar-refractivity contribution in [1.29, 1.82) is 0 Å². The fourth-order valence-electron chi connectivity index (χ4n) is 10.5. The molecule has 0 radical (unpaired) electrons. The quantitative estimate of drug-likeness (QED) is 0.116. The van der Waals surface area contributed by atoms with E-state index in [0.29, 0.717) is 0 Å². The van der Waals surface area contributed by atoms with Gasteiger partial charge in [-0.25, -0.2) is 0 Å². The summed E-state index contributed by atoms with van der Waals surface area (Å²) < 4.78 is 4.80. The fraction of sp³-hybridized carbons (Fsp3) is 0. The highest BCUT2D eigenvalue weighted by atomic mass is 15.1. The van der Waals surface area contributed by atoms with E-state index < -0.39 is 0 Å². The zero-order valence-corrected chi connectivity index (χ0v) is 34.4. The topological polar surface area (TPSA) is 12.6 Å². The average molecular weight is 802 g/mol. The number of hydrogen-bond donors (Lipinski definition) is 0. The van der Waals surface area contributed by atoms with Crippen LogP contribution in [0.25, 0.3) is 104 Å². The number of aromatic nitrogens is 2. The maximum Gasteiger partial charge on any atom is 0.0620 e. The smallest absolute Gasteiger partial charge is 0.0620 e. The number of rotatable bonds is 7. The maximum absolute atomic E-state index is 4.43. The van der Waals surface area contributed by atoms with Crippen molar-refractivity contribution in [2.75, 3.05) is 4.90 Å². The minimum Gasteiger partial charge on any atom is -0.310 e. The fourth-order valence-corrected chi connectivity index (χ4v) is 10.5. The van der Waals surface area contributed by atoms with E-state index in [2.05, 4.69) is 239 Å². The number of fused-ring (bicyclic) bond motifs is 15. The Bertz CT molecular complexity index is 4010. The van der Waals surface area contributed by atoms with Crippen molar-refractivity contribution in [1.82, 2.24) is 8.97 Å². The maximum atomic E-state index is 4.43. The van der Waals surface area contributed by atoms with Crippen LogP contribution in [0.3, 0.4) is 0 Å². The van der Waals surface area contributed by atoms with Crippen LogP contribution in [-0.2, 0) is 0 Å². The normalized spacial score (nSPS) is 12.5. The molecule has 3 nitrogen and oxygen atoms in total. The van der Waals surface area contributed by atoms with Crippen LogP contribution in [0.1, 0.15) is 5.56 Å². The lowest BCUT2D eigenvalue weighted by Gasteiger charge is -2.27. The molecular formula is C60H39N3. The minimum atomic E-state index is 0.971. The largest absolute Gasteiger partial charge is 0.310 e. The molecule has 0 saturated heterocycles. The first-order chi connectivity index (χ1) is 31.2. The van der Waals surface area contributed by atoms with Gasteiger partial charge in [-0.15, -0.1) is 0 Å². The lowest BCUT2D eigenvalue weighted by Crippen LogP contribution is -2.15. The second kappa shape index (κ2) is 13.8. The molecule has 0 spiro atoms. The zero-order valence-electron chi connectivity index (χ0n) is 34.4. The van der Waals surface area contributed by atoms with Crippen LogP contribution in [0.2, 0.25) is 0 Å². The van der Waals surface area contributed by atoms with Crippen LogP contribution in [-0.4, -0.2) is 8.97 Å². The SMILES string of the molecule is C=CC(=CC=Cc1ccc2c(c1)c1ccccc1n2-c1ccccc1)N(c1ccc2c3ccccc3c3ccccc3c2c1)c1ccc2c(c1)c1cccc3c4ccccc4n2c31. The third-order valence-electron chi connectivity index (χ3n) is 13.2. The van der Waals surface area contributed by atoms with Crippen molar-refractivity contribution in [3.63, 3.8) is 0 Å². The summed E-state index contributed by atoms with van der Waals surface area (Å²) in [5.41, 5.74) is 11.5. The van der Waals surface area contributed by atoms with Crippen molar-refractivity contribution >= 4 is 110 Å². The van der Waals surface area contributed by atoms with Gasteiger partial charge in [0, 0.05) is 55.1 Å². The van der Waals surface area contributed by atoms with Crippen molar-refractivity contribution < 1.29 is 0 Å². The van der Waals surface area contributed by atoms with Gasteiger partial charge in [0.2, 0.25) is 0 Å². The molecule has 10 aromatic carbocycles. The molecule has 0 aliphatic carbocycles. The number of para-hydroxylation sites is 4. The van der Waals surface area contributed by atoms with Gasteiger partial charge in [-0.3, -0.25) is 0 Å². The minimum absolute atomic E-state index is 0.971. The van der Waals surface area contributed by atoms with Crippen molar-refractivity contribution in [3.05, 3.63) is 236 Å². The van der Waals surface area contributed by atoms with Gasteiger partial charge in [0.1, 0.15) is 0 Å². The first-order valence-electron chi connectivity index (χ1n) is 21.6. The van der Waals surface area contributed by atoms with Gasteiger partial charge in [0.15, 0.2) is 0 Å². The highest BCUT2D eigenvalue weighted by Gasteiger charge is 2.21. The molecule has 13 rings (SSSR count). The molecule has 0 fully saturated rings. The summed E-state index contributed by atoms with van der Waals surface area (Å²) >= 11 is 0. The molecular weight excluding hydrogens is 763 g/mol. The molecule has 0 atom stereocenters. The summed E-state index contributed by atoms with van der Waals surface area (Å²) in [6, 6.07) is 73.0. The molecule has 0 bridgehead atoms. The Morgan fingerprint density at radius 3 is 1.60 bits per heavy atom. The third-order valence-corrected chi connectivity index (χ3v) is 13.2. The lowest BCUT2D eigenvalue weighted by atomic mass is 9.94. The Labute approximate surface area is 363 Å². The summed E-state index contributed by atoms with van der Waals surface area (Å²) in [6.45, 7) is 4.43. The highest BCUT2D eigenvalue weighted by Crippen LogP contribution is 2.43. The van der Waals surface area contributed by atoms with Crippen LogP contribution in [0.4, 0.5) is 11.4 Å². The van der Waals surface area contributed by atoms with Gasteiger partial charge in [0.05, 0.1) is 27.6 Å². The van der Waals surface area contributed by atoms with E-state index in [1.165, 1.54) is 92.2 Å². The van der Waals surface area contributed by atoms with E-state index in [1.54, 1.807) is 0 Å². The Hall–Kier alpha value is -8.40. The van der Waals surface area contributed by atoms with Gasteiger partial charge in [-0.1, -0.05) is 152 Å². The van der Waals surface area contributed by atoms with Crippen molar-refractivity contribution in [2.45, 2.75) is 0 Å². The number of nitrogens with zero attached hydrogens (tertiary/aromatic N) is 3. The molecule has 3 heteroatoms. The number of hydrogen-bond acceptors (Lipinski definition) is 1. The molecule has 0 aliphatic rings. The van der Waals surface area contributed by atoms with Crippen LogP contribution in [0, 0.1) is 0 Å². The summed E-state index contributed by atoms with van der Waals surface area (Å²) in [5, 5.41) is 15.0. The van der Waals surface area contributed by atoms with E-state index in [9.17, 15) is 0 Å². The first kappa shape index (κ1) is 35.4. The Morgan fingerprint density at radius 2 is 0.889 bits per heavy atom. The van der Waals surface area contributed by atoms with Crippen molar-refractivity contribution in [2.24, 2.45) is 0 Å². The number of allylic oxidation sites excluding steroid dienone is 3. The molecule has 0 saturated carbocycles. The summed E-state index contributed by atoms with van der Waals surface area (Å²) in [7, 11) is 0. The van der Waals surface area contributed by atoms with Gasteiger partial charge < -0.3 is 13.9 Å². The van der Waals surface area contributed by atoms with Gasteiger partial charge >= 0.3 is 0 Å². The Morgan fingerprint density at radius 1 is 0.397 bits per heavy atom. The third kappa shape index (κ3) is 5.27. The molecule has 3 aromatic heterocycles. The van der Waals surface area contributed by atoms with Crippen LogP contribution >= 0.6 is 0 Å². The molecule has 0 aliphatic heterocycles. The predicted molar refractivity (Wildman–Crippen MR) is 270 cm³/mol. The Balaban J connectivity index is 0.994. The molecule has 0 unspecified atom stereocenters. The van der Waals surface area contributed by atoms with E-state index in [4.69, 9.17) is 0 Å². The van der Waals surface area contributed by atoms with Gasteiger partial charge in [-0.05, 0) is 117 Å². The molecule has 0 N–H and O–H groups in total. The van der Waals surface area contributed by atoms with Gasteiger partial charge in [-0.2, -0.15) is 0 Å². The lowest BCUT2D eigenvalue weighted by molar-refractivity contribution is 1.18. The van der Waals surface area contributed by atoms with Crippen molar-refractivity contribution in [3.8, 4) is 5.69 Å². The summed E-state index contributed by atoms with van der Waals surface area (Å²) in [5.74, 6) is 0. The molecule has 294 valence electrons. The van der Waals surface area contributed by atoms with Gasteiger partial charge in [0.25, 0.3) is 0 Å². The molecule has 0 amide bonds. The Kier molecular flexibility index (Phi) is 7.76. The second-order valence-corrected chi connectivity index (χ2v) is 16.5. The van der Waals surface area contributed by atoms with E-state index in [0.717, 1.165) is 28.3 Å². The number of benzene rings is 10. The summed E-state index contributed by atoms with van der Waals surface area (Å²) in [6.07, 6.45) is 8.54. The second-order valence-electron chi connectivity index (χ2n) is 16.5. The number of anilines is 2. The van der Waals surface area contributed by atoms with E-state index in [-0.39, 0.29) is 0 Å². The predicted octanol–water partition coefficient (Wildman–Crippen LogP) is 16.3. The molecule has 13 aromatic rings. The van der Waals surface area contributed by atoms with E-state index in [1.807, 2.05) is 6.08 Å². The molecule has 3 heterocycles. The molecule has 63 heavy (non-hydrogen) atoms. The average Bonchev–Trinajstić information content (AvgIpc) is 3.99. The standard InChI is InChI=1S/C60H39N3/c1-2-40(19-14-16-39-30-34-58-54(36-39)50-25-11-12-28-56(50)62(58)41-17-4-3-5-18-41)61(42-31-33-48-46-22-7-6-20-44(46)45-21-8-9-23-47(45)53(48)37-42)43-32-35-59-55(38-43)52-27-15-26-51-49-24-10-13-29-57(49)63(59)60(51)52/h2-38H,1H2.